The number of nitrogens with one attached hydrogen (secondary N) is 2. The Hall–Kier alpha value is -1.79. The van der Waals surface area contributed by atoms with Crippen LogP contribution < -0.4 is 15.4 Å². The predicted molar refractivity (Wildman–Crippen MR) is 84.3 cm³/mol. The van der Waals surface area contributed by atoms with E-state index in [4.69, 9.17) is 14.2 Å². The summed E-state index contributed by atoms with van der Waals surface area (Å²) in [6.45, 7) is 2.72. The average molecular weight is 308 g/mol. The van der Waals surface area contributed by atoms with E-state index in [1.54, 1.807) is 7.11 Å². The minimum absolute atomic E-state index is 0.0316. The SMILES string of the molecule is COCCOc1ccc(NCC(=O)NCC2CCCO2)cc1. The topological polar surface area (TPSA) is 68.8 Å². The number of benzene rings is 1. The summed E-state index contributed by atoms with van der Waals surface area (Å²) >= 11 is 0. The highest BCUT2D eigenvalue weighted by molar-refractivity contribution is 5.80. The van der Waals surface area contributed by atoms with Gasteiger partial charge in [-0.3, -0.25) is 4.79 Å². The Labute approximate surface area is 131 Å². The lowest BCUT2D eigenvalue weighted by molar-refractivity contribution is -0.119. The maximum absolute atomic E-state index is 11.7. The lowest BCUT2D eigenvalue weighted by Crippen LogP contribution is -2.35. The van der Waals surface area contributed by atoms with Crippen molar-refractivity contribution in [2.45, 2.75) is 18.9 Å². The fourth-order valence-corrected chi connectivity index (χ4v) is 2.19. The monoisotopic (exact) mass is 308 g/mol. The summed E-state index contributed by atoms with van der Waals surface area (Å²) in [5.41, 5.74) is 0.881. The van der Waals surface area contributed by atoms with Crippen LogP contribution in [0, 0.1) is 0 Å². The molecule has 0 spiro atoms. The fourth-order valence-electron chi connectivity index (χ4n) is 2.19. The molecule has 6 nitrogen and oxygen atoms in total. The van der Waals surface area contributed by atoms with E-state index in [1.165, 1.54) is 0 Å². The van der Waals surface area contributed by atoms with Gasteiger partial charge >= 0.3 is 0 Å². The fraction of sp³-hybridized carbons (Fsp3) is 0.562. The number of carbonyl (C=O) groups is 1. The van der Waals surface area contributed by atoms with Crippen LogP contribution in [0.4, 0.5) is 5.69 Å². The minimum Gasteiger partial charge on any atom is -0.491 e. The molecule has 1 atom stereocenters. The van der Waals surface area contributed by atoms with Crippen molar-refractivity contribution in [3.63, 3.8) is 0 Å². The molecule has 0 radical (unpaired) electrons. The molecule has 0 aliphatic carbocycles. The van der Waals surface area contributed by atoms with Crippen molar-refractivity contribution in [3.8, 4) is 5.75 Å². The number of methoxy groups -OCH3 is 1. The summed E-state index contributed by atoms with van der Waals surface area (Å²) in [7, 11) is 1.64. The van der Waals surface area contributed by atoms with Crippen molar-refractivity contribution >= 4 is 11.6 Å². The molecule has 2 N–H and O–H groups in total. The highest BCUT2D eigenvalue weighted by atomic mass is 16.5. The van der Waals surface area contributed by atoms with Gasteiger partial charge in [-0.05, 0) is 37.1 Å². The van der Waals surface area contributed by atoms with Crippen molar-refractivity contribution < 1.29 is 19.0 Å². The Morgan fingerprint density at radius 1 is 1.32 bits per heavy atom. The van der Waals surface area contributed by atoms with Gasteiger partial charge in [0.15, 0.2) is 0 Å². The van der Waals surface area contributed by atoms with E-state index in [1.807, 2.05) is 24.3 Å². The molecule has 0 aromatic heterocycles. The van der Waals surface area contributed by atoms with Gasteiger partial charge in [0.2, 0.25) is 5.91 Å². The molecule has 1 aliphatic heterocycles. The second-order valence-electron chi connectivity index (χ2n) is 5.16. The van der Waals surface area contributed by atoms with Gasteiger partial charge in [0.25, 0.3) is 0 Å². The second kappa shape index (κ2) is 9.27. The number of hydrogen-bond acceptors (Lipinski definition) is 5. The van der Waals surface area contributed by atoms with Crippen molar-refractivity contribution in [1.82, 2.24) is 5.32 Å². The van der Waals surface area contributed by atoms with Gasteiger partial charge in [0.05, 0.1) is 19.3 Å². The summed E-state index contributed by atoms with van der Waals surface area (Å²) in [6, 6.07) is 7.50. The number of rotatable bonds is 9. The first-order valence-electron chi connectivity index (χ1n) is 7.62. The molecule has 1 unspecified atom stereocenters. The normalized spacial score (nSPS) is 17.2. The first-order chi connectivity index (χ1) is 10.8. The number of hydrogen-bond donors (Lipinski definition) is 2. The summed E-state index contributed by atoms with van der Waals surface area (Å²) < 4.78 is 15.9. The molecule has 2 rings (SSSR count). The first-order valence-corrected chi connectivity index (χ1v) is 7.62. The van der Waals surface area contributed by atoms with Crippen LogP contribution >= 0.6 is 0 Å². The van der Waals surface area contributed by atoms with Gasteiger partial charge in [-0.1, -0.05) is 0 Å². The summed E-state index contributed by atoms with van der Waals surface area (Å²) in [4.78, 5) is 11.7. The lowest BCUT2D eigenvalue weighted by atomic mass is 10.2. The number of amides is 1. The largest absolute Gasteiger partial charge is 0.491 e. The Bertz CT molecular complexity index is 444. The van der Waals surface area contributed by atoms with E-state index in [0.717, 1.165) is 30.9 Å². The van der Waals surface area contributed by atoms with E-state index < -0.39 is 0 Å². The Kier molecular flexibility index (Phi) is 6.99. The average Bonchev–Trinajstić information content (AvgIpc) is 3.06. The van der Waals surface area contributed by atoms with Gasteiger partial charge in [-0.15, -0.1) is 0 Å². The van der Waals surface area contributed by atoms with Crippen LogP contribution in [0.5, 0.6) is 5.75 Å². The lowest BCUT2D eigenvalue weighted by Gasteiger charge is -2.12. The van der Waals surface area contributed by atoms with Crippen LogP contribution in [0.3, 0.4) is 0 Å². The Morgan fingerprint density at radius 2 is 2.14 bits per heavy atom. The quantitative estimate of drug-likeness (QED) is 0.675. The molecular weight excluding hydrogens is 284 g/mol. The van der Waals surface area contributed by atoms with E-state index in [-0.39, 0.29) is 18.6 Å². The number of anilines is 1. The summed E-state index contributed by atoms with van der Waals surface area (Å²) in [5.74, 6) is 0.751. The molecule has 1 aromatic carbocycles. The standard InChI is InChI=1S/C16H24N2O4/c1-20-9-10-22-14-6-4-13(5-7-14)17-12-16(19)18-11-15-3-2-8-21-15/h4-7,15,17H,2-3,8-12H2,1H3,(H,18,19). The zero-order chi connectivity index (χ0) is 15.6. The Balaban J connectivity index is 1.64. The molecule has 1 aromatic rings. The van der Waals surface area contributed by atoms with Crippen LogP contribution in [0.1, 0.15) is 12.8 Å². The van der Waals surface area contributed by atoms with Crippen LogP contribution in [0.2, 0.25) is 0 Å². The molecule has 0 saturated carbocycles. The van der Waals surface area contributed by atoms with Gasteiger partial charge in [0, 0.05) is 25.9 Å². The van der Waals surface area contributed by atoms with E-state index >= 15 is 0 Å². The van der Waals surface area contributed by atoms with Crippen molar-refractivity contribution in [2.24, 2.45) is 0 Å². The van der Waals surface area contributed by atoms with Crippen molar-refractivity contribution in [1.29, 1.82) is 0 Å². The minimum atomic E-state index is -0.0316. The maximum atomic E-state index is 11.7. The van der Waals surface area contributed by atoms with Crippen LogP contribution in [0.25, 0.3) is 0 Å². The molecule has 1 fully saturated rings. The predicted octanol–water partition coefficient (Wildman–Crippen LogP) is 1.42. The smallest absolute Gasteiger partial charge is 0.239 e. The molecule has 1 aliphatic rings. The van der Waals surface area contributed by atoms with E-state index in [9.17, 15) is 4.79 Å². The zero-order valence-corrected chi connectivity index (χ0v) is 13.0. The third kappa shape index (κ3) is 5.91. The zero-order valence-electron chi connectivity index (χ0n) is 13.0. The number of carbonyl (C=O) groups excluding carboxylic acids is 1. The first kappa shape index (κ1) is 16.6. The van der Waals surface area contributed by atoms with E-state index in [2.05, 4.69) is 10.6 Å². The van der Waals surface area contributed by atoms with Gasteiger partial charge in [-0.25, -0.2) is 0 Å². The van der Waals surface area contributed by atoms with E-state index in [0.29, 0.717) is 19.8 Å². The third-order valence-corrected chi connectivity index (χ3v) is 3.41. The molecule has 6 heteroatoms. The summed E-state index contributed by atoms with van der Waals surface area (Å²) in [6.07, 6.45) is 2.28. The second-order valence-corrected chi connectivity index (χ2v) is 5.16. The molecular formula is C16H24N2O4. The molecule has 1 heterocycles. The van der Waals surface area contributed by atoms with Crippen molar-refractivity contribution in [3.05, 3.63) is 24.3 Å². The van der Waals surface area contributed by atoms with Gasteiger partial charge in [-0.2, -0.15) is 0 Å². The number of ether oxygens (including phenoxy) is 3. The van der Waals surface area contributed by atoms with Gasteiger partial charge < -0.3 is 24.8 Å². The Morgan fingerprint density at radius 3 is 2.82 bits per heavy atom. The molecule has 1 amide bonds. The van der Waals surface area contributed by atoms with Crippen LogP contribution in [-0.4, -0.2) is 52.0 Å². The molecule has 1 saturated heterocycles. The van der Waals surface area contributed by atoms with Crippen molar-refractivity contribution in [2.75, 3.05) is 45.3 Å². The molecule has 0 bridgehead atoms. The summed E-state index contributed by atoms with van der Waals surface area (Å²) in [5, 5.41) is 5.96. The molecule has 122 valence electrons. The van der Waals surface area contributed by atoms with Crippen LogP contribution in [-0.2, 0) is 14.3 Å². The third-order valence-electron chi connectivity index (χ3n) is 3.41. The maximum Gasteiger partial charge on any atom is 0.239 e. The molecule has 22 heavy (non-hydrogen) atoms. The van der Waals surface area contributed by atoms with Gasteiger partial charge in [0.1, 0.15) is 12.4 Å². The van der Waals surface area contributed by atoms with Crippen LogP contribution in [0.15, 0.2) is 24.3 Å². The highest BCUT2D eigenvalue weighted by Gasteiger charge is 2.15. The highest BCUT2D eigenvalue weighted by Crippen LogP contribution is 2.15.